The number of rotatable bonds is 6. The zero-order valence-corrected chi connectivity index (χ0v) is 18.5. The molecule has 164 valence electrons. The second-order valence-electron chi connectivity index (χ2n) is 8.60. The Kier molecular flexibility index (Phi) is 6.68. The van der Waals surface area contributed by atoms with Crippen LogP contribution in [0.15, 0.2) is 48.5 Å². The van der Waals surface area contributed by atoms with Crippen LogP contribution in [0.5, 0.6) is 0 Å². The molecule has 6 nitrogen and oxygen atoms in total. The van der Waals surface area contributed by atoms with Crippen LogP contribution in [0, 0.1) is 0 Å². The van der Waals surface area contributed by atoms with E-state index in [1.54, 1.807) is 11.0 Å². The predicted molar refractivity (Wildman–Crippen MR) is 125 cm³/mol. The second-order valence-corrected chi connectivity index (χ2v) is 8.60. The van der Waals surface area contributed by atoms with E-state index in [0.29, 0.717) is 29.5 Å². The molecular formula is C25H32N4O2. The summed E-state index contributed by atoms with van der Waals surface area (Å²) in [6, 6.07) is 15.3. The van der Waals surface area contributed by atoms with E-state index in [9.17, 15) is 9.59 Å². The summed E-state index contributed by atoms with van der Waals surface area (Å²) in [6.07, 6.45) is 4.58. The van der Waals surface area contributed by atoms with Crippen molar-refractivity contribution < 1.29 is 9.59 Å². The highest BCUT2D eigenvalue weighted by Gasteiger charge is 2.32. The molecule has 31 heavy (non-hydrogen) atoms. The molecule has 1 fully saturated rings. The molecule has 0 aromatic heterocycles. The zero-order chi connectivity index (χ0) is 21.8. The van der Waals surface area contributed by atoms with Crippen LogP contribution in [-0.4, -0.2) is 60.9 Å². The van der Waals surface area contributed by atoms with Gasteiger partial charge in [-0.1, -0.05) is 37.6 Å². The Morgan fingerprint density at radius 1 is 1.10 bits per heavy atom. The highest BCUT2D eigenvalue weighted by molar-refractivity contribution is 6.17. The van der Waals surface area contributed by atoms with Gasteiger partial charge in [0.05, 0.1) is 29.2 Å². The number of nitrogens with one attached hydrogen (secondary N) is 1. The van der Waals surface area contributed by atoms with Crippen molar-refractivity contribution in [2.75, 3.05) is 43.4 Å². The molecule has 2 aliphatic heterocycles. The van der Waals surface area contributed by atoms with Gasteiger partial charge in [-0.3, -0.25) is 19.4 Å². The van der Waals surface area contributed by atoms with Crippen LogP contribution in [0.3, 0.4) is 0 Å². The van der Waals surface area contributed by atoms with Gasteiger partial charge >= 0.3 is 0 Å². The minimum atomic E-state index is -0.185. The summed E-state index contributed by atoms with van der Waals surface area (Å²) in [7, 11) is 2.16. The van der Waals surface area contributed by atoms with Gasteiger partial charge in [-0.05, 0) is 63.7 Å². The van der Waals surface area contributed by atoms with Gasteiger partial charge in [0.25, 0.3) is 5.91 Å². The molecule has 0 spiro atoms. The Balaban J connectivity index is 1.63. The first kappa shape index (κ1) is 21.5. The summed E-state index contributed by atoms with van der Waals surface area (Å²) >= 11 is 0. The molecule has 2 aliphatic rings. The molecule has 6 heteroatoms. The minimum Gasteiger partial charge on any atom is -0.320 e. The third-order valence-electron chi connectivity index (χ3n) is 6.25. The van der Waals surface area contributed by atoms with E-state index in [1.807, 2.05) is 42.5 Å². The Labute approximate surface area is 184 Å². The maximum Gasteiger partial charge on any atom is 0.257 e. The van der Waals surface area contributed by atoms with Gasteiger partial charge in [0.1, 0.15) is 0 Å². The van der Waals surface area contributed by atoms with Crippen molar-refractivity contribution in [3.63, 3.8) is 0 Å². The summed E-state index contributed by atoms with van der Waals surface area (Å²) in [5.41, 5.74) is 2.55. The van der Waals surface area contributed by atoms with Crippen molar-refractivity contribution >= 4 is 28.9 Å². The number of benzene rings is 2. The molecule has 1 saturated heterocycles. The summed E-state index contributed by atoms with van der Waals surface area (Å²) in [5, 5.41) is 2.96. The number of carbonyl (C=O) groups is 2. The topological polar surface area (TPSA) is 55.9 Å². The van der Waals surface area contributed by atoms with E-state index in [2.05, 4.69) is 29.1 Å². The predicted octanol–water partition coefficient (Wildman–Crippen LogP) is 4.11. The smallest absolute Gasteiger partial charge is 0.257 e. The Hall–Kier alpha value is -2.70. The molecule has 0 saturated carbocycles. The van der Waals surface area contributed by atoms with Crippen LogP contribution in [0.2, 0.25) is 0 Å². The zero-order valence-electron chi connectivity index (χ0n) is 18.5. The summed E-state index contributed by atoms with van der Waals surface area (Å²) in [6.45, 7) is 5.53. The van der Waals surface area contributed by atoms with Crippen LogP contribution in [0.25, 0.3) is 0 Å². The number of piperidine rings is 1. The number of hydrogen-bond donors (Lipinski definition) is 1. The maximum atomic E-state index is 13.7. The number of para-hydroxylation sites is 3. The summed E-state index contributed by atoms with van der Waals surface area (Å²) in [4.78, 5) is 33.0. The average Bonchev–Trinajstić information content (AvgIpc) is 2.89. The van der Waals surface area contributed by atoms with E-state index < -0.39 is 0 Å². The third-order valence-corrected chi connectivity index (χ3v) is 6.25. The number of anilines is 3. The molecule has 0 bridgehead atoms. The fraction of sp³-hybridized carbons (Fsp3) is 0.440. The van der Waals surface area contributed by atoms with E-state index in [1.165, 1.54) is 6.42 Å². The molecular weight excluding hydrogens is 388 g/mol. The van der Waals surface area contributed by atoms with Crippen LogP contribution in [-0.2, 0) is 4.79 Å². The molecule has 2 aromatic carbocycles. The first-order valence-electron chi connectivity index (χ1n) is 11.3. The van der Waals surface area contributed by atoms with Gasteiger partial charge in [0.2, 0.25) is 5.91 Å². The van der Waals surface area contributed by atoms with Crippen molar-refractivity contribution in [1.29, 1.82) is 0 Å². The maximum absolute atomic E-state index is 13.7. The molecule has 0 radical (unpaired) electrons. The summed E-state index contributed by atoms with van der Waals surface area (Å²) < 4.78 is 0. The lowest BCUT2D eigenvalue weighted by Crippen LogP contribution is -2.50. The molecule has 0 aliphatic carbocycles. The number of likely N-dealkylation sites (N-methyl/N-ethyl adjacent to an activating group) is 1. The van der Waals surface area contributed by atoms with Gasteiger partial charge in [-0.25, -0.2) is 0 Å². The van der Waals surface area contributed by atoms with E-state index in [0.717, 1.165) is 44.6 Å². The lowest BCUT2D eigenvalue weighted by atomic mass is 10.0. The Morgan fingerprint density at radius 3 is 2.65 bits per heavy atom. The van der Waals surface area contributed by atoms with Crippen molar-refractivity contribution in [3.05, 3.63) is 54.1 Å². The monoisotopic (exact) mass is 420 g/mol. The van der Waals surface area contributed by atoms with E-state index in [-0.39, 0.29) is 11.8 Å². The largest absolute Gasteiger partial charge is 0.320 e. The number of nitrogens with zero attached hydrogens (tertiary/aromatic N) is 3. The van der Waals surface area contributed by atoms with Crippen molar-refractivity contribution in [2.24, 2.45) is 0 Å². The van der Waals surface area contributed by atoms with Crippen LogP contribution < -0.4 is 10.2 Å². The van der Waals surface area contributed by atoms with Crippen molar-refractivity contribution in [3.8, 4) is 0 Å². The Bertz CT molecular complexity index is 945. The molecule has 2 amide bonds. The van der Waals surface area contributed by atoms with E-state index >= 15 is 0 Å². The fourth-order valence-electron chi connectivity index (χ4n) is 4.78. The molecule has 4 rings (SSSR count). The normalized spacial score (nSPS) is 18.9. The fourth-order valence-corrected chi connectivity index (χ4v) is 4.78. The first-order valence-corrected chi connectivity index (χ1v) is 11.3. The molecule has 1 unspecified atom stereocenters. The Morgan fingerprint density at radius 2 is 1.84 bits per heavy atom. The minimum absolute atomic E-state index is 0.00134. The van der Waals surface area contributed by atoms with Gasteiger partial charge in [-0.2, -0.15) is 0 Å². The number of likely N-dealkylation sites (tertiary alicyclic amines) is 1. The number of carbonyl (C=O) groups excluding carboxylic acids is 2. The van der Waals surface area contributed by atoms with Crippen molar-refractivity contribution in [2.45, 2.75) is 38.6 Å². The highest BCUT2D eigenvalue weighted by Crippen LogP contribution is 2.38. The van der Waals surface area contributed by atoms with E-state index in [4.69, 9.17) is 0 Å². The SMILES string of the molecule is CCCN(C)CC1CCCCN1CC(=O)N1c2ccccc2NC(=O)c2ccccc21. The standard InChI is InChI=1S/C25H32N4O2/c1-3-15-27(2)17-19-10-8-9-16-28(19)18-24(30)29-22-13-6-4-11-20(22)25(31)26-21-12-5-7-14-23(21)29/h4-7,11-14,19H,3,8-10,15-18H2,1-2H3,(H,26,31). The molecule has 1 N–H and O–H groups in total. The van der Waals surface area contributed by atoms with Gasteiger partial charge in [-0.15, -0.1) is 0 Å². The van der Waals surface area contributed by atoms with Gasteiger partial charge in [0, 0.05) is 12.6 Å². The lowest BCUT2D eigenvalue weighted by molar-refractivity contribution is -0.120. The lowest BCUT2D eigenvalue weighted by Gasteiger charge is -2.38. The van der Waals surface area contributed by atoms with Crippen molar-refractivity contribution in [1.82, 2.24) is 9.80 Å². The van der Waals surface area contributed by atoms with Gasteiger partial charge < -0.3 is 10.2 Å². The van der Waals surface area contributed by atoms with Gasteiger partial charge in [0.15, 0.2) is 0 Å². The number of fused-ring (bicyclic) bond motifs is 2. The molecule has 1 atom stereocenters. The summed E-state index contributed by atoms with van der Waals surface area (Å²) in [5.74, 6) is -0.183. The molecule has 2 heterocycles. The number of amides is 2. The van der Waals surface area contributed by atoms with Crippen LogP contribution in [0.1, 0.15) is 43.0 Å². The third kappa shape index (κ3) is 4.65. The molecule has 2 aromatic rings. The number of hydrogen-bond acceptors (Lipinski definition) is 4. The van der Waals surface area contributed by atoms with Crippen LogP contribution in [0.4, 0.5) is 17.1 Å². The second kappa shape index (κ2) is 9.62. The highest BCUT2D eigenvalue weighted by atomic mass is 16.2. The van der Waals surface area contributed by atoms with Crippen LogP contribution >= 0.6 is 0 Å². The average molecular weight is 421 g/mol. The first-order chi connectivity index (χ1) is 15.1. The quantitative estimate of drug-likeness (QED) is 0.764.